The van der Waals surface area contributed by atoms with E-state index in [1.165, 1.54) is 0 Å². The number of carbonyl (C=O) groups excluding carboxylic acids is 1. The van der Waals surface area contributed by atoms with Crippen molar-refractivity contribution in [2.45, 2.75) is 32.4 Å². The zero-order valence-electron chi connectivity index (χ0n) is 6.18. The minimum Gasteiger partial charge on any atom is -0.465 e. The number of hydrogen-bond donors (Lipinski definition) is 0. The van der Waals surface area contributed by atoms with Crippen LogP contribution < -0.4 is 0 Å². The molecule has 0 fully saturated rings. The molecule has 0 N–H and O–H groups in total. The van der Waals surface area contributed by atoms with Crippen LogP contribution in [0.2, 0.25) is 0 Å². The van der Waals surface area contributed by atoms with E-state index < -0.39 is 6.17 Å². The molecule has 1 unspecified atom stereocenters. The number of unbranched alkanes of at least 4 members (excludes halogenated alkanes) is 1. The van der Waals surface area contributed by atoms with Crippen molar-refractivity contribution in [3.63, 3.8) is 0 Å². The fourth-order valence-corrected chi connectivity index (χ4v) is 0.653. The minimum atomic E-state index is -0.981. The molecular weight excluding hydrogens is 135 g/mol. The molecule has 60 valence electrons. The fraction of sp³-hybridized carbons (Fsp3) is 0.857. The number of alkyl halides is 1. The Kier molecular flexibility index (Phi) is 6.13. The van der Waals surface area contributed by atoms with Crippen molar-refractivity contribution < 1.29 is 13.9 Å². The first-order chi connectivity index (χ1) is 4.81. The molecule has 0 aliphatic rings. The zero-order chi connectivity index (χ0) is 7.82. The summed E-state index contributed by atoms with van der Waals surface area (Å²) < 4.78 is 16.7. The van der Waals surface area contributed by atoms with E-state index in [1.807, 2.05) is 6.92 Å². The van der Waals surface area contributed by atoms with Gasteiger partial charge in [-0.2, -0.15) is 0 Å². The van der Waals surface area contributed by atoms with Gasteiger partial charge in [-0.3, -0.25) is 4.79 Å². The standard InChI is InChI=1S/C7H13FO2/c1-2-3-4-7(8)5-10-6-9/h6-7H,2-5H2,1H3. The largest absolute Gasteiger partial charge is 0.465 e. The smallest absolute Gasteiger partial charge is 0.293 e. The van der Waals surface area contributed by atoms with Gasteiger partial charge in [0.15, 0.2) is 0 Å². The average molecular weight is 148 g/mol. The van der Waals surface area contributed by atoms with E-state index in [0.717, 1.165) is 12.8 Å². The number of carbonyl (C=O) groups is 1. The molecular formula is C7H13FO2. The van der Waals surface area contributed by atoms with Crippen molar-refractivity contribution in [3.05, 3.63) is 0 Å². The van der Waals surface area contributed by atoms with Crippen LogP contribution in [0.3, 0.4) is 0 Å². The van der Waals surface area contributed by atoms with E-state index in [4.69, 9.17) is 0 Å². The maximum atomic E-state index is 12.5. The van der Waals surface area contributed by atoms with Crippen molar-refractivity contribution in [1.29, 1.82) is 0 Å². The molecule has 2 nitrogen and oxygen atoms in total. The number of hydrogen-bond acceptors (Lipinski definition) is 2. The monoisotopic (exact) mass is 148 g/mol. The molecule has 0 aliphatic heterocycles. The highest BCUT2D eigenvalue weighted by Crippen LogP contribution is 2.03. The van der Waals surface area contributed by atoms with Crippen molar-refractivity contribution in [2.75, 3.05) is 6.61 Å². The summed E-state index contributed by atoms with van der Waals surface area (Å²) >= 11 is 0. The Morgan fingerprint density at radius 3 is 2.90 bits per heavy atom. The predicted octanol–water partition coefficient (Wildman–Crippen LogP) is 1.69. The lowest BCUT2D eigenvalue weighted by Crippen LogP contribution is -2.08. The highest BCUT2D eigenvalue weighted by Gasteiger charge is 2.04. The van der Waals surface area contributed by atoms with Crippen LogP contribution in [0.15, 0.2) is 0 Å². The average Bonchev–Trinajstić information content (AvgIpc) is 1.97. The lowest BCUT2D eigenvalue weighted by molar-refractivity contribution is -0.130. The van der Waals surface area contributed by atoms with Crippen molar-refractivity contribution >= 4 is 6.47 Å². The molecule has 0 heterocycles. The Morgan fingerprint density at radius 1 is 1.70 bits per heavy atom. The Morgan fingerprint density at radius 2 is 2.40 bits per heavy atom. The quantitative estimate of drug-likeness (QED) is 0.536. The molecule has 0 aromatic heterocycles. The first kappa shape index (κ1) is 9.40. The van der Waals surface area contributed by atoms with E-state index in [9.17, 15) is 9.18 Å². The van der Waals surface area contributed by atoms with Crippen molar-refractivity contribution in [2.24, 2.45) is 0 Å². The maximum Gasteiger partial charge on any atom is 0.293 e. The Hall–Kier alpha value is -0.600. The highest BCUT2D eigenvalue weighted by molar-refractivity contribution is 5.36. The number of ether oxygens (including phenoxy) is 1. The Labute approximate surface area is 60.4 Å². The van der Waals surface area contributed by atoms with Crippen LogP contribution in [0.4, 0.5) is 4.39 Å². The summed E-state index contributed by atoms with van der Waals surface area (Å²) in [6.45, 7) is 2.18. The first-order valence-corrected chi connectivity index (χ1v) is 3.50. The van der Waals surface area contributed by atoms with Crippen LogP contribution >= 0.6 is 0 Å². The van der Waals surface area contributed by atoms with E-state index >= 15 is 0 Å². The minimum absolute atomic E-state index is 0.0938. The van der Waals surface area contributed by atoms with Gasteiger partial charge < -0.3 is 4.74 Å². The maximum absolute atomic E-state index is 12.5. The molecule has 0 aromatic carbocycles. The molecule has 0 saturated carbocycles. The zero-order valence-corrected chi connectivity index (χ0v) is 6.18. The van der Waals surface area contributed by atoms with E-state index in [1.54, 1.807) is 0 Å². The second kappa shape index (κ2) is 6.52. The highest BCUT2D eigenvalue weighted by atomic mass is 19.1. The van der Waals surface area contributed by atoms with Crippen LogP contribution in [-0.2, 0) is 9.53 Å². The van der Waals surface area contributed by atoms with Gasteiger partial charge >= 0.3 is 0 Å². The van der Waals surface area contributed by atoms with Crippen LogP contribution in [-0.4, -0.2) is 19.3 Å². The molecule has 0 aromatic rings. The summed E-state index contributed by atoms with van der Waals surface area (Å²) in [6.07, 6.45) is 1.33. The summed E-state index contributed by atoms with van der Waals surface area (Å²) in [5, 5.41) is 0. The summed E-state index contributed by atoms with van der Waals surface area (Å²) in [4.78, 5) is 9.59. The first-order valence-electron chi connectivity index (χ1n) is 3.50. The Balaban J connectivity index is 3.07. The molecule has 0 spiro atoms. The Bertz CT molecular complexity index is 85.7. The van der Waals surface area contributed by atoms with Crippen LogP contribution in [0, 0.1) is 0 Å². The molecule has 10 heavy (non-hydrogen) atoms. The van der Waals surface area contributed by atoms with Gasteiger partial charge in [0.1, 0.15) is 12.8 Å². The number of halogens is 1. The van der Waals surface area contributed by atoms with Gasteiger partial charge in [0.05, 0.1) is 0 Å². The van der Waals surface area contributed by atoms with Crippen LogP contribution in [0.5, 0.6) is 0 Å². The predicted molar refractivity (Wildman–Crippen MR) is 36.4 cm³/mol. The lowest BCUT2D eigenvalue weighted by atomic mass is 10.2. The van der Waals surface area contributed by atoms with Crippen molar-refractivity contribution in [1.82, 2.24) is 0 Å². The second-order valence-electron chi connectivity index (χ2n) is 2.17. The van der Waals surface area contributed by atoms with E-state index in [0.29, 0.717) is 6.42 Å². The van der Waals surface area contributed by atoms with Crippen LogP contribution in [0.25, 0.3) is 0 Å². The molecule has 0 amide bonds. The van der Waals surface area contributed by atoms with Gasteiger partial charge in [0.25, 0.3) is 6.47 Å². The number of rotatable bonds is 6. The molecule has 0 saturated heterocycles. The van der Waals surface area contributed by atoms with Gasteiger partial charge in [-0.1, -0.05) is 19.8 Å². The molecule has 0 aliphatic carbocycles. The summed E-state index contributed by atoms with van der Waals surface area (Å²) in [7, 11) is 0. The molecule has 0 radical (unpaired) electrons. The summed E-state index contributed by atoms with van der Waals surface area (Å²) in [5.74, 6) is 0. The van der Waals surface area contributed by atoms with Gasteiger partial charge in [-0.05, 0) is 6.42 Å². The fourth-order valence-electron chi connectivity index (χ4n) is 0.653. The third-order valence-corrected chi connectivity index (χ3v) is 1.22. The molecule has 3 heteroatoms. The third-order valence-electron chi connectivity index (χ3n) is 1.22. The van der Waals surface area contributed by atoms with Gasteiger partial charge in [-0.15, -0.1) is 0 Å². The lowest BCUT2D eigenvalue weighted by Gasteiger charge is -2.03. The second-order valence-corrected chi connectivity index (χ2v) is 2.17. The SMILES string of the molecule is CCCCC(F)COC=O. The molecule has 0 bridgehead atoms. The van der Waals surface area contributed by atoms with Crippen molar-refractivity contribution in [3.8, 4) is 0 Å². The molecule has 0 rings (SSSR count). The molecule has 1 atom stereocenters. The van der Waals surface area contributed by atoms with Crippen LogP contribution in [0.1, 0.15) is 26.2 Å². The van der Waals surface area contributed by atoms with Gasteiger partial charge in [0.2, 0.25) is 0 Å². The summed E-state index contributed by atoms with van der Waals surface area (Å²) in [6, 6.07) is 0. The van der Waals surface area contributed by atoms with Gasteiger partial charge in [-0.25, -0.2) is 4.39 Å². The third kappa shape index (κ3) is 5.54. The topological polar surface area (TPSA) is 26.3 Å². The summed E-state index contributed by atoms with van der Waals surface area (Å²) in [5.41, 5.74) is 0. The van der Waals surface area contributed by atoms with Gasteiger partial charge in [0, 0.05) is 0 Å². The van der Waals surface area contributed by atoms with E-state index in [2.05, 4.69) is 4.74 Å². The normalized spacial score (nSPS) is 12.6. The van der Waals surface area contributed by atoms with E-state index in [-0.39, 0.29) is 13.1 Å².